The zero-order chi connectivity index (χ0) is 11.1. The van der Waals surface area contributed by atoms with E-state index in [1.165, 1.54) is 0 Å². The molecule has 0 unspecified atom stereocenters. The van der Waals surface area contributed by atoms with Crippen molar-refractivity contribution >= 4 is 0 Å². The molecule has 0 aromatic heterocycles. The first-order valence-electron chi connectivity index (χ1n) is 5.31. The van der Waals surface area contributed by atoms with E-state index < -0.39 is 0 Å². The summed E-state index contributed by atoms with van der Waals surface area (Å²) in [6.45, 7) is 4.64. The van der Waals surface area contributed by atoms with Crippen LogP contribution in [-0.4, -0.2) is 23.4 Å². The molecular formula is C12H24O2. The Balaban J connectivity index is 0. The van der Waals surface area contributed by atoms with Gasteiger partial charge in [0.05, 0.1) is 0 Å². The molecule has 0 rings (SSSR count). The summed E-state index contributed by atoms with van der Waals surface area (Å²) in [4.78, 5) is 0. The zero-order valence-corrected chi connectivity index (χ0v) is 9.45. The fraction of sp³-hybridized carbons (Fsp3) is 0.667. The molecule has 0 heterocycles. The Hall–Kier alpha value is -0.600. The molecule has 0 atom stereocenters. The molecule has 0 aromatic rings. The molecule has 0 radical (unpaired) electrons. The van der Waals surface area contributed by atoms with Crippen molar-refractivity contribution in [1.82, 2.24) is 0 Å². The largest absolute Gasteiger partial charge is 0.396 e. The Morgan fingerprint density at radius 3 is 2.07 bits per heavy atom. The van der Waals surface area contributed by atoms with Crippen LogP contribution in [0.3, 0.4) is 0 Å². The van der Waals surface area contributed by atoms with Crippen LogP contribution in [0.1, 0.15) is 39.5 Å². The Morgan fingerprint density at radius 2 is 1.64 bits per heavy atom. The van der Waals surface area contributed by atoms with Gasteiger partial charge < -0.3 is 10.2 Å². The quantitative estimate of drug-likeness (QED) is 0.511. The lowest BCUT2D eigenvalue weighted by atomic mass is 10.3. The van der Waals surface area contributed by atoms with Gasteiger partial charge in [-0.2, -0.15) is 0 Å². The van der Waals surface area contributed by atoms with Gasteiger partial charge in [-0.1, -0.05) is 31.2 Å². The lowest BCUT2D eigenvalue weighted by Gasteiger charge is -1.83. The maximum Gasteiger partial charge on any atom is 0.0465 e. The van der Waals surface area contributed by atoms with Crippen LogP contribution in [0.2, 0.25) is 0 Å². The van der Waals surface area contributed by atoms with Crippen molar-refractivity contribution in [2.24, 2.45) is 0 Å². The topological polar surface area (TPSA) is 40.5 Å². The Labute approximate surface area is 88.0 Å². The predicted molar refractivity (Wildman–Crippen MR) is 62.3 cm³/mol. The van der Waals surface area contributed by atoms with Crippen molar-refractivity contribution in [1.29, 1.82) is 0 Å². The van der Waals surface area contributed by atoms with Gasteiger partial charge in [-0.05, 0) is 32.6 Å². The standard InChI is InChI=1S/2C6H12O/c2*1-2-3-4-5-6-7/h3-4,7H,2,5-6H2,1H3;2-3,7H,4-6H2,1H3. The fourth-order valence-corrected chi connectivity index (χ4v) is 0.735. The molecule has 0 aromatic carbocycles. The molecule has 0 amide bonds. The van der Waals surface area contributed by atoms with E-state index in [4.69, 9.17) is 10.2 Å². The van der Waals surface area contributed by atoms with Crippen LogP contribution in [0.4, 0.5) is 0 Å². The molecule has 2 nitrogen and oxygen atoms in total. The molecule has 0 bridgehead atoms. The molecule has 84 valence electrons. The van der Waals surface area contributed by atoms with E-state index in [0.717, 1.165) is 25.7 Å². The third kappa shape index (κ3) is 22.5. The van der Waals surface area contributed by atoms with E-state index in [-0.39, 0.29) is 6.61 Å². The van der Waals surface area contributed by atoms with Crippen LogP contribution in [-0.2, 0) is 0 Å². The van der Waals surface area contributed by atoms with E-state index >= 15 is 0 Å². The first-order chi connectivity index (χ1) is 6.83. The normalized spacial score (nSPS) is 10.6. The van der Waals surface area contributed by atoms with Gasteiger partial charge in [0.25, 0.3) is 0 Å². The van der Waals surface area contributed by atoms with Gasteiger partial charge in [-0.3, -0.25) is 0 Å². The highest BCUT2D eigenvalue weighted by atomic mass is 16.3. The number of rotatable bonds is 6. The van der Waals surface area contributed by atoms with E-state index in [0.29, 0.717) is 6.61 Å². The van der Waals surface area contributed by atoms with Crippen LogP contribution >= 0.6 is 0 Å². The third-order valence-electron chi connectivity index (χ3n) is 1.46. The van der Waals surface area contributed by atoms with E-state index in [1.54, 1.807) is 0 Å². The minimum atomic E-state index is 0.274. The highest BCUT2D eigenvalue weighted by molar-refractivity contribution is 4.79. The zero-order valence-electron chi connectivity index (χ0n) is 9.45. The highest BCUT2D eigenvalue weighted by Gasteiger charge is 1.74. The molecule has 0 aliphatic carbocycles. The Bertz CT molecular complexity index is 128. The first kappa shape index (κ1) is 15.9. The summed E-state index contributed by atoms with van der Waals surface area (Å²) < 4.78 is 0. The van der Waals surface area contributed by atoms with Gasteiger partial charge in [-0.15, -0.1) is 0 Å². The van der Waals surface area contributed by atoms with Gasteiger partial charge >= 0.3 is 0 Å². The van der Waals surface area contributed by atoms with Crippen LogP contribution in [0.25, 0.3) is 0 Å². The maximum absolute atomic E-state index is 8.26. The molecule has 2 N–H and O–H groups in total. The van der Waals surface area contributed by atoms with Gasteiger partial charge in [0.15, 0.2) is 0 Å². The molecule has 2 heteroatoms. The van der Waals surface area contributed by atoms with Crippen molar-refractivity contribution < 1.29 is 10.2 Å². The minimum absolute atomic E-state index is 0.274. The summed E-state index contributed by atoms with van der Waals surface area (Å²) in [6, 6.07) is 0. The molecule has 0 aliphatic heterocycles. The first-order valence-corrected chi connectivity index (χ1v) is 5.31. The number of aliphatic hydroxyl groups excluding tert-OH is 2. The van der Waals surface area contributed by atoms with Crippen molar-refractivity contribution in [3.63, 3.8) is 0 Å². The predicted octanol–water partition coefficient (Wildman–Crippen LogP) is 2.67. The van der Waals surface area contributed by atoms with E-state index in [9.17, 15) is 0 Å². The smallest absolute Gasteiger partial charge is 0.0465 e. The number of hydrogen-bond donors (Lipinski definition) is 2. The average Bonchev–Trinajstić information content (AvgIpc) is 2.21. The molecule has 0 saturated heterocycles. The van der Waals surface area contributed by atoms with E-state index in [2.05, 4.69) is 19.1 Å². The SMILES string of the molecule is CC=CCCCO.CCC=CCCO. The summed E-state index contributed by atoms with van der Waals surface area (Å²) in [5, 5.41) is 16.5. The molecule has 0 spiro atoms. The minimum Gasteiger partial charge on any atom is -0.396 e. The van der Waals surface area contributed by atoms with Gasteiger partial charge in [-0.25, -0.2) is 0 Å². The Morgan fingerprint density at radius 1 is 0.929 bits per heavy atom. The van der Waals surface area contributed by atoms with Crippen molar-refractivity contribution in [3.8, 4) is 0 Å². The lowest BCUT2D eigenvalue weighted by Crippen LogP contribution is -1.77. The monoisotopic (exact) mass is 200 g/mol. The summed E-state index contributed by atoms with van der Waals surface area (Å²) in [7, 11) is 0. The van der Waals surface area contributed by atoms with Gasteiger partial charge in [0.1, 0.15) is 0 Å². The maximum atomic E-state index is 8.26. The lowest BCUT2D eigenvalue weighted by molar-refractivity contribution is 0.289. The van der Waals surface area contributed by atoms with Crippen LogP contribution in [0.15, 0.2) is 24.3 Å². The second-order valence-electron chi connectivity index (χ2n) is 2.83. The molecule has 0 saturated carbocycles. The highest BCUT2D eigenvalue weighted by Crippen LogP contribution is 1.86. The summed E-state index contributed by atoms with van der Waals surface area (Å²) in [5.74, 6) is 0. The summed E-state index contributed by atoms with van der Waals surface area (Å²) in [6.07, 6.45) is 11.9. The van der Waals surface area contributed by atoms with Crippen molar-refractivity contribution in [3.05, 3.63) is 24.3 Å². The van der Waals surface area contributed by atoms with Gasteiger partial charge in [0, 0.05) is 13.2 Å². The number of unbranched alkanes of at least 4 members (excludes halogenated alkanes) is 1. The molecule has 0 fully saturated rings. The summed E-state index contributed by atoms with van der Waals surface area (Å²) in [5.41, 5.74) is 0. The Kier molecular flexibility index (Phi) is 20.7. The average molecular weight is 200 g/mol. The fourth-order valence-electron chi connectivity index (χ4n) is 0.735. The molecular weight excluding hydrogens is 176 g/mol. The van der Waals surface area contributed by atoms with Crippen LogP contribution in [0.5, 0.6) is 0 Å². The van der Waals surface area contributed by atoms with E-state index in [1.807, 2.05) is 19.1 Å². The second-order valence-corrected chi connectivity index (χ2v) is 2.83. The number of aliphatic hydroxyl groups is 2. The van der Waals surface area contributed by atoms with Crippen molar-refractivity contribution in [2.45, 2.75) is 39.5 Å². The molecule has 14 heavy (non-hydrogen) atoms. The number of hydrogen-bond acceptors (Lipinski definition) is 2. The summed E-state index contributed by atoms with van der Waals surface area (Å²) >= 11 is 0. The third-order valence-corrected chi connectivity index (χ3v) is 1.46. The van der Waals surface area contributed by atoms with Crippen LogP contribution in [0, 0.1) is 0 Å². The van der Waals surface area contributed by atoms with Crippen molar-refractivity contribution in [2.75, 3.05) is 13.2 Å². The molecule has 0 aliphatic rings. The van der Waals surface area contributed by atoms with Crippen LogP contribution < -0.4 is 0 Å². The van der Waals surface area contributed by atoms with Gasteiger partial charge in [0.2, 0.25) is 0 Å². The second kappa shape index (κ2) is 18.2. The number of allylic oxidation sites excluding steroid dienone is 3.